The summed E-state index contributed by atoms with van der Waals surface area (Å²) in [5.41, 5.74) is 2.09. The van der Waals surface area contributed by atoms with Crippen LogP contribution in [0.4, 0.5) is 0 Å². The Hall–Kier alpha value is -2.86. The van der Waals surface area contributed by atoms with Crippen LogP contribution in [0.5, 0.6) is 0 Å². The fourth-order valence-electron chi connectivity index (χ4n) is 2.31. The number of H-pyrrole nitrogens is 1. The first kappa shape index (κ1) is 17.9. The van der Waals surface area contributed by atoms with Crippen molar-refractivity contribution in [2.45, 2.75) is 23.9 Å². The molecule has 0 radical (unpaired) electrons. The molecule has 0 spiro atoms. The molecular formula is C20H18N2O3S. The zero-order chi connectivity index (χ0) is 18.4. The van der Waals surface area contributed by atoms with E-state index in [9.17, 15) is 9.59 Å². The van der Waals surface area contributed by atoms with Crippen LogP contribution in [0.25, 0.3) is 11.3 Å². The summed E-state index contributed by atoms with van der Waals surface area (Å²) in [5, 5.41) is -0.103. The molecule has 0 bridgehead atoms. The molecule has 26 heavy (non-hydrogen) atoms. The van der Waals surface area contributed by atoms with E-state index in [1.165, 1.54) is 17.8 Å². The third-order valence-electron chi connectivity index (χ3n) is 3.63. The van der Waals surface area contributed by atoms with Gasteiger partial charge >= 0.3 is 5.97 Å². The summed E-state index contributed by atoms with van der Waals surface area (Å²) in [5.74, 6) is -0.355. The number of nitrogens with one attached hydrogen (secondary N) is 1. The number of carbonyl (C=O) groups is 1. The van der Waals surface area contributed by atoms with Crippen LogP contribution in [-0.2, 0) is 16.1 Å². The van der Waals surface area contributed by atoms with Gasteiger partial charge in [0.2, 0.25) is 0 Å². The number of esters is 1. The standard InChI is InChI=1S/C20H18N2O3S/c1-14(19(24)25-13-15-8-4-2-5-9-15)26-20-21-17(12-18(23)22-20)16-10-6-3-7-11-16/h2-12,14H,13H2,1H3,(H,21,22,23). The lowest BCUT2D eigenvalue weighted by atomic mass is 10.1. The van der Waals surface area contributed by atoms with E-state index in [4.69, 9.17) is 4.74 Å². The summed E-state index contributed by atoms with van der Waals surface area (Å²) in [4.78, 5) is 31.2. The van der Waals surface area contributed by atoms with Crippen molar-refractivity contribution >= 4 is 17.7 Å². The first-order valence-corrected chi connectivity index (χ1v) is 9.04. The number of rotatable bonds is 6. The van der Waals surface area contributed by atoms with Gasteiger partial charge in [-0.2, -0.15) is 0 Å². The van der Waals surface area contributed by atoms with Crippen molar-refractivity contribution in [2.75, 3.05) is 0 Å². The number of ether oxygens (including phenoxy) is 1. The van der Waals surface area contributed by atoms with E-state index in [2.05, 4.69) is 9.97 Å². The van der Waals surface area contributed by atoms with Crippen molar-refractivity contribution in [1.29, 1.82) is 0 Å². The molecule has 0 saturated carbocycles. The van der Waals surface area contributed by atoms with Gasteiger partial charge in [-0.05, 0) is 12.5 Å². The van der Waals surface area contributed by atoms with Gasteiger partial charge in [0, 0.05) is 11.6 Å². The molecule has 0 aliphatic carbocycles. The third-order valence-corrected chi connectivity index (χ3v) is 4.60. The van der Waals surface area contributed by atoms with Gasteiger partial charge in [0.05, 0.1) is 5.69 Å². The summed E-state index contributed by atoms with van der Waals surface area (Å²) >= 11 is 1.17. The minimum Gasteiger partial charge on any atom is -0.460 e. The molecule has 0 saturated heterocycles. The number of hydrogen-bond acceptors (Lipinski definition) is 5. The molecule has 5 nitrogen and oxygen atoms in total. The molecule has 3 rings (SSSR count). The molecule has 1 N–H and O–H groups in total. The van der Waals surface area contributed by atoms with Crippen molar-refractivity contribution in [3.05, 3.63) is 82.6 Å². The number of carbonyl (C=O) groups excluding carboxylic acids is 1. The summed E-state index contributed by atoms with van der Waals surface area (Å²) < 4.78 is 5.33. The van der Waals surface area contributed by atoms with E-state index >= 15 is 0 Å². The Labute approximate surface area is 155 Å². The lowest BCUT2D eigenvalue weighted by molar-refractivity contribution is -0.143. The fourth-order valence-corrected chi connectivity index (χ4v) is 3.12. The van der Waals surface area contributed by atoms with Crippen LogP contribution in [0.15, 0.2) is 76.7 Å². The van der Waals surface area contributed by atoms with E-state index < -0.39 is 5.25 Å². The Balaban J connectivity index is 1.67. The molecule has 1 aromatic heterocycles. The smallest absolute Gasteiger partial charge is 0.319 e. The minimum absolute atomic E-state index is 0.221. The van der Waals surface area contributed by atoms with Crippen LogP contribution in [0.3, 0.4) is 0 Å². The summed E-state index contributed by atoms with van der Waals surface area (Å²) in [6.07, 6.45) is 0. The highest BCUT2D eigenvalue weighted by Gasteiger charge is 2.18. The minimum atomic E-state index is -0.493. The van der Waals surface area contributed by atoms with E-state index in [1.807, 2.05) is 60.7 Å². The van der Waals surface area contributed by atoms with Gasteiger partial charge in [0.25, 0.3) is 5.56 Å². The molecule has 2 aromatic carbocycles. The Morgan fingerprint density at radius 1 is 1.12 bits per heavy atom. The molecule has 0 aliphatic rings. The second-order valence-electron chi connectivity index (χ2n) is 5.66. The van der Waals surface area contributed by atoms with Crippen molar-refractivity contribution in [3.8, 4) is 11.3 Å². The van der Waals surface area contributed by atoms with Gasteiger partial charge < -0.3 is 9.72 Å². The van der Waals surface area contributed by atoms with Gasteiger partial charge in [0.1, 0.15) is 11.9 Å². The van der Waals surface area contributed by atoms with Crippen LogP contribution in [0.2, 0.25) is 0 Å². The molecular weight excluding hydrogens is 348 g/mol. The summed E-state index contributed by atoms with van der Waals surface area (Å²) in [7, 11) is 0. The second kappa shape index (κ2) is 8.49. The predicted octanol–water partition coefficient (Wildman–Crippen LogP) is 3.66. The van der Waals surface area contributed by atoms with Gasteiger partial charge in [-0.15, -0.1) is 0 Å². The maximum Gasteiger partial charge on any atom is 0.319 e. The molecule has 3 aromatic rings. The largest absolute Gasteiger partial charge is 0.460 e. The van der Waals surface area contributed by atoms with E-state index in [1.54, 1.807) is 6.92 Å². The van der Waals surface area contributed by atoms with Gasteiger partial charge in [-0.1, -0.05) is 72.4 Å². The molecule has 1 heterocycles. The summed E-state index contributed by atoms with van der Waals surface area (Å²) in [6, 6.07) is 20.4. The Kier molecular flexibility index (Phi) is 5.86. The first-order chi connectivity index (χ1) is 12.6. The van der Waals surface area contributed by atoms with Crippen LogP contribution >= 0.6 is 11.8 Å². The monoisotopic (exact) mass is 366 g/mol. The number of aromatic nitrogens is 2. The van der Waals surface area contributed by atoms with Gasteiger partial charge in [0.15, 0.2) is 5.16 Å². The van der Waals surface area contributed by atoms with Gasteiger partial charge in [-0.3, -0.25) is 9.59 Å². The number of nitrogens with zero attached hydrogens (tertiary/aromatic N) is 1. The molecule has 1 atom stereocenters. The van der Waals surface area contributed by atoms with E-state index in [-0.39, 0.29) is 18.1 Å². The molecule has 6 heteroatoms. The molecule has 0 aliphatic heterocycles. The highest BCUT2D eigenvalue weighted by atomic mass is 32.2. The maximum absolute atomic E-state index is 12.2. The van der Waals surface area contributed by atoms with Crippen LogP contribution < -0.4 is 5.56 Å². The SMILES string of the molecule is CC(Sc1nc(-c2ccccc2)cc(=O)[nH]1)C(=O)OCc1ccccc1. The second-order valence-corrected chi connectivity index (χ2v) is 6.98. The zero-order valence-corrected chi connectivity index (χ0v) is 15.0. The highest BCUT2D eigenvalue weighted by molar-refractivity contribution is 8.00. The molecule has 0 fully saturated rings. The van der Waals surface area contributed by atoms with Gasteiger partial charge in [-0.25, -0.2) is 4.98 Å². The Morgan fingerprint density at radius 3 is 2.46 bits per heavy atom. The van der Waals surface area contributed by atoms with E-state index in [0.29, 0.717) is 10.9 Å². The van der Waals surface area contributed by atoms with Crippen molar-refractivity contribution < 1.29 is 9.53 Å². The number of benzene rings is 2. The first-order valence-electron chi connectivity index (χ1n) is 8.16. The van der Waals surface area contributed by atoms with Crippen molar-refractivity contribution in [3.63, 3.8) is 0 Å². The van der Waals surface area contributed by atoms with E-state index in [0.717, 1.165) is 11.1 Å². The topological polar surface area (TPSA) is 72.0 Å². The number of hydrogen-bond donors (Lipinski definition) is 1. The lowest BCUT2D eigenvalue weighted by Gasteiger charge is -2.11. The quantitative estimate of drug-likeness (QED) is 0.409. The fraction of sp³-hybridized carbons (Fsp3) is 0.150. The zero-order valence-electron chi connectivity index (χ0n) is 14.2. The van der Waals surface area contributed by atoms with Crippen LogP contribution in [0, 0.1) is 0 Å². The average molecular weight is 366 g/mol. The number of thioether (sulfide) groups is 1. The van der Waals surface area contributed by atoms with Crippen LogP contribution in [-0.4, -0.2) is 21.2 Å². The maximum atomic E-state index is 12.2. The van der Waals surface area contributed by atoms with Crippen molar-refractivity contribution in [1.82, 2.24) is 9.97 Å². The molecule has 132 valence electrons. The Morgan fingerprint density at radius 2 is 1.77 bits per heavy atom. The average Bonchev–Trinajstić information content (AvgIpc) is 2.67. The number of aromatic amines is 1. The van der Waals surface area contributed by atoms with Crippen molar-refractivity contribution in [2.24, 2.45) is 0 Å². The lowest BCUT2D eigenvalue weighted by Crippen LogP contribution is -2.18. The third kappa shape index (κ3) is 4.83. The van der Waals surface area contributed by atoms with Crippen LogP contribution in [0.1, 0.15) is 12.5 Å². The summed E-state index contributed by atoms with van der Waals surface area (Å²) in [6.45, 7) is 1.95. The normalized spacial score (nSPS) is 11.7. The Bertz CT molecular complexity index is 927. The molecule has 0 amide bonds. The molecule has 1 unspecified atom stereocenters. The highest BCUT2D eigenvalue weighted by Crippen LogP contribution is 2.22. The predicted molar refractivity (Wildman–Crippen MR) is 102 cm³/mol.